The van der Waals surface area contributed by atoms with Crippen molar-refractivity contribution in [1.82, 2.24) is 15.6 Å². The first-order valence-electron chi connectivity index (χ1n) is 6.74. The highest BCUT2D eigenvalue weighted by Gasteiger charge is 2.30. The van der Waals surface area contributed by atoms with Crippen LogP contribution in [-0.2, 0) is 9.53 Å². The Morgan fingerprint density at radius 3 is 3.05 bits per heavy atom. The lowest BCUT2D eigenvalue weighted by Crippen LogP contribution is -2.26. The fraction of sp³-hybridized carbons (Fsp3) is 0.267. The monoisotopic (exact) mass is 284 g/mol. The van der Waals surface area contributed by atoms with Crippen LogP contribution in [0.3, 0.4) is 0 Å². The Morgan fingerprint density at radius 2 is 2.19 bits per heavy atom. The molecule has 1 saturated heterocycles. The van der Waals surface area contributed by atoms with Crippen LogP contribution in [0.1, 0.15) is 11.6 Å². The minimum atomic E-state index is -0.468. The Kier molecular flexibility index (Phi) is 3.79. The number of amides is 1. The molecule has 0 saturated carbocycles. The molecular formula is C15H16N4O2. The summed E-state index contributed by atoms with van der Waals surface area (Å²) in [6, 6.07) is 9.20. The predicted molar refractivity (Wildman–Crippen MR) is 79.9 cm³/mol. The van der Waals surface area contributed by atoms with E-state index in [4.69, 9.17) is 4.74 Å². The Hall–Kier alpha value is -2.47. The normalized spacial score (nSPS) is 19.8. The summed E-state index contributed by atoms with van der Waals surface area (Å²) in [5.74, 6) is 0.360. The fourth-order valence-corrected chi connectivity index (χ4v) is 2.34. The summed E-state index contributed by atoms with van der Waals surface area (Å²) in [6.07, 6.45) is 1.73. The van der Waals surface area contributed by atoms with Gasteiger partial charge in [-0.3, -0.25) is 20.1 Å². The lowest BCUT2D eigenvalue weighted by Gasteiger charge is -2.10. The molecule has 2 heterocycles. The van der Waals surface area contributed by atoms with E-state index in [2.05, 4.69) is 20.6 Å². The number of hydrogen-bond acceptors (Lipinski definition) is 4. The lowest BCUT2D eigenvalue weighted by molar-refractivity contribution is -0.120. The zero-order valence-electron chi connectivity index (χ0n) is 11.7. The van der Waals surface area contributed by atoms with Gasteiger partial charge in [-0.1, -0.05) is 24.3 Å². The summed E-state index contributed by atoms with van der Waals surface area (Å²) in [4.78, 5) is 20.8. The topological polar surface area (TPSA) is 75.6 Å². The first kappa shape index (κ1) is 13.5. The van der Waals surface area contributed by atoms with Crippen LogP contribution in [0.15, 0.2) is 41.5 Å². The van der Waals surface area contributed by atoms with Gasteiger partial charge in [-0.15, -0.1) is 0 Å². The van der Waals surface area contributed by atoms with Crippen LogP contribution >= 0.6 is 0 Å². The van der Waals surface area contributed by atoms with Gasteiger partial charge in [0.2, 0.25) is 0 Å². The summed E-state index contributed by atoms with van der Waals surface area (Å²) >= 11 is 0. The maximum absolute atomic E-state index is 12.1. The van der Waals surface area contributed by atoms with Crippen molar-refractivity contribution < 1.29 is 9.53 Å². The van der Waals surface area contributed by atoms with E-state index in [-0.39, 0.29) is 5.91 Å². The van der Waals surface area contributed by atoms with Crippen LogP contribution in [0, 0.1) is 0 Å². The van der Waals surface area contributed by atoms with Gasteiger partial charge in [0.1, 0.15) is 6.04 Å². The summed E-state index contributed by atoms with van der Waals surface area (Å²) in [7, 11) is 1.62. The van der Waals surface area contributed by atoms with E-state index in [0.717, 1.165) is 16.5 Å². The quantitative estimate of drug-likeness (QED) is 0.821. The first-order valence-corrected chi connectivity index (χ1v) is 6.74. The molecule has 1 aliphatic rings. The predicted octanol–water partition coefficient (Wildman–Crippen LogP) is 0.998. The number of methoxy groups -OCH3 is 1. The zero-order valence-corrected chi connectivity index (χ0v) is 11.7. The molecule has 0 aliphatic carbocycles. The van der Waals surface area contributed by atoms with Crippen LogP contribution in [0.25, 0.3) is 10.9 Å². The minimum Gasteiger partial charge on any atom is -0.383 e. The summed E-state index contributed by atoms with van der Waals surface area (Å²) in [6.45, 7) is 1.02. The average Bonchev–Trinajstić information content (AvgIpc) is 2.88. The number of aromatic nitrogens is 1. The Morgan fingerprint density at radius 1 is 1.33 bits per heavy atom. The molecule has 1 amide bonds. The molecule has 0 radical (unpaired) electrons. The molecule has 3 rings (SSSR count). The molecular weight excluding hydrogens is 268 g/mol. The number of para-hydroxylation sites is 1. The van der Waals surface area contributed by atoms with Gasteiger partial charge in [-0.25, -0.2) is 0 Å². The minimum absolute atomic E-state index is 0.121. The van der Waals surface area contributed by atoms with Gasteiger partial charge >= 0.3 is 0 Å². The van der Waals surface area contributed by atoms with Crippen LogP contribution in [0.5, 0.6) is 0 Å². The maximum Gasteiger partial charge on any atom is 0.253 e. The van der Waals surface area contributed by atoms with Crippen molar-refractivity contribution in [1.29, 1.82) is 0 Å². The third-order valence-corrected chi connectivity index (χ3v) is 3.33. The van der Waals surface area contributed by atoms with Crippen LogP contribution < -0.4 is 10.6 Å². The van der Waals surface area contributed by atoms with E-state index < -0.39 is 6.04 Å². The molecule has 2 N–H and O–H groups in total. The summed E-state index contributed by atoms with van der Waals surface area (Å²) in [5, 5.41) is 6.85. The molecule has 0 spiro atoms. The molecule has 1 aliphatic heterocycles. The summed E-state index contributed by atoms with van der Waals surface area (Å²) < 4.78 is 4.94. The van der Waals surface area contributed by atoms with Crippen LogP contribution in [-0.4, -0.2) is 37.1 Å². The van der Waals surface area contributed by atoms with Crippen molar-refractivity contribution in [3.8, 4) is 0 Å². The molecule has 108 valence electrons. The number of carbonyl (C=O) groups excluding carboxylic acids is 1. The zero-order chi connectivity index (χ0) is 14.7. The highest BCUT2D eigenvalue weighted by atomic mass is 16.5. The van der Waals surface area contributed by atoms with E-state index in [0.29, 0.717) is 19.1 Å². The molecule has 1 aromatic carbocycles. The second-order valence-electron chi connectivity index (χ2n) is 4.71. The number of pyridine rings is 1. The van der Waals surface area contributed by atoms with Crippen molar-refractivity contribution in [2.75, 3.05) is 20.3 Å². The number of nitrogens with zero attached hydrogens (tertiary/aromatic N) is 2. The lowest BCUT2D eigenvalue weighted by atomic mass is 10.0. The molecule has 6 heteroatoms. The molecule has 1 aromatic heterocycles. The number of hydrogen-bond donors (Lipinski definition) is 2. The van der Waals surface area contributed by atoms with Gasteiger partial charge in [-0.05, 0) is 6.07 Å². The van der Waals surface area contributed by atoms with Crippen molar-refractivity contribution in [2.24, 2.45) is 4.99 Å². The van der Waals surface area contributed by atoms with E-state index in [1.54, 1.807) is 13.3 Å². The standard InChI is InChI=1S/C15H16N4O2/c1-21-9-8-17-15-18-13(14(20)19-15)11-6-2-4-10-5-3-7-16-12(10)11/h2-7,13H,8-9H2,1H3,(H2,17,18,19,20). The molecule has 1 atom stereocenters. The van der Waals surface area contributed by atoms with E-state index in [1.807, 2.05) is 30.3 Å². The molecule has 1 unspecified atom stereocenters. The van der Waals surface area contributed by atoms with E-state index in [1.165, 1.54) is 0 Å². The SMILES string of the molecule is COCCN=C1NC(=O)C(c2cccc3cccnc23)N1. The Labute approximate surface area is 122 Å². The van der Waals surface area contributed by atoms with Gasteiger partial charge in [0, 0.05) is 24.3 Å². The number of nitrogens with one attached hydrogen (secondary N) is 2. The molecule has 0 bridgehead atoms. The van der Waals surface area contributed by atoms with Gasteiger partial charge in [0.15, 0.2) is 5.96 Å². The number of ether oxygens (including phenoxy) is 1. The third-order valence-electron chi connectivity index (χ3n) is 3.33. The van der Waals surface area contributed by atoms with Crippen molar-refractivity contribution in [3.63, 3.8) is 0 Å². The van der Waals surface area contributed by atoms with Crippen LogP contribution in [0.2, 0.25) is 0 Å². The van der Waals surface area contributed by atoms with Crippen molar-refractivity contribution in [3.05, 3.63) is 42.1 Å². The smallest absolute Gasteiger partial charge is 0.253 e. The van der Waals surface area contributed by atoms with Gasteiger partial charge < -0.3 is 10.1 Å². The van der Waals surface area contributed by atoms with E-state index >= 15 is 0 Å². The highest BCUT2D eigenvalue weighted by molar-refractivity contribution is 6.08. The second kappa shape index (κ2) is 5.88. The number of fused-ring (bicyclic) bond motifs is 1. The molecule has 21 heavy (non-hydrogen) atoms. The van der Waals surface area contributed by atoms with Gasteiger partial charge in [0.25, 0.3) is 5.91 Å². The largest absolute Gasteiger partial charge is 0.383 e. The van der Waals surface area contributed by atoms with Gasteiger partial charge in [0.05, 0.1) is 18.7 Å². The van der Waals surface area contributed by atoms with Crippen molar-refractivity contribution >= 4 is 22.8 Å². The molecule has 2 aromatic rings. The number of benzene rings is 1. The van der Waals surface area contributed by atoms with Crippen molar-refractivity contribution in [2.45, 2.75) is 6.04 Å². The summed E-state index contributed by atoms with van der Waals surface area (Å²) in [5.41, 5.74) is 1.67. The van der Waals surface area contributed by atoms with Gasteiger partial charge in [-0.2, -0.15) is 0 Å². The number of aliphatic imine (C=N–C) groups is 1. The average molecular weight is 284 g/mol. The maximum atomic E-state index is 12.1. The first-order chi connectivity index (χ1) is 10.3. The fourth-order valence-electron chi connectivity index (χ4n) is 2.34. The Balaban J connectivity index is 1.89. The molecule has 1 fully saturated rings. The van der Waals surface area contributed by atoms with Crippen LogP contribution in [0.4, 0.5) is 0 Å². The number of rotatable bonds is 4. The second-order valence-corrected chi connectivity index (χ2v) is 4.71. The highest BCUT2D eigenvalue weighted by Crippen LogP contribution is 2.24. The number of carbonyl (C=O) groups is 1. The Bertz CT molecular complexity index is 694. The third kappa shape index (κ3) is 2.71. The number of guanidine groups is 1. The molecule has 6 nitrogen and oxygen atoms in total. The van der Waals surface area contributed by atoms with E-state index in [9.17, 15) is 4.79 Å².